The van der Waals surface area contributed by atoms with Crippen LogP contribution in [0.4, 0.5) is 16.6 Å². The normalized spacial score (nSPS) is 21.5. The van der Waals surface area contributed by atoms with Crippen LogP contribution in [0.5, 0.6) is 0 Å². The minimum atomic E-state index is -0.264. The number of aromatic nitrogens is 2. The van der Waals surface area contributed by atoms with Crippen LogP contribution in [-0.4, -0.2) is 85.0 Å². The molecular formula is C23H30N6O3. The minimum absolute atomic E-state index is 0.132. The summed E-state index contributed by atoms with van der Waals surface area (Å²) in [5, 5.41) is 0. The van der Waals surface area contributed by atoms with Crippen molar-refractivity contribution in [3.05, 3.63) is 35.4 Å². The Hall–Kier alpha value is -2.91. The molecule has 0 bridgehead atoms. The number of hydrogen-bond acceptors (Lipinski definition) is 8. The Labute approximate surface area is 188 Å². The first-order valence-corrected chi connectivity index (χ1v) is 11.3. The fourth-order valence-corrected chi connectivity index (χ4v) is 4.49. The van der Waals surface area contributed by atoms with Crippen molar-refractivity contribution in [3.8, 4) is 11.3 Å². The highest BCUT2D eigenvalue weighted by Crippen LogP contribution is 2.28. The maximum Gasteiger partial charge on any atom is 0.410 e. The van der Waals surface area contributed by atoms with Crippen LogP contribution in [0.2, 0.25) is 0 Å². The predicted molar refractivity (Wildman–Crippen MR) is 121 cm³/mol. The molecule has 1 aromatic heterocycles. The Morgan fingerprint density at radius 1 is 1.12 bits per heavy atom. The zero-order valence-electron chi connectivity index (χ0n) is 18.5. The standard InChI is InChI=1S/C23H30N6O3/c1-27-7-9-28(10-8-27)21-13-20(25-22(24)26-21)17-3-2-16-4-6-29(14-18(16)12-17)23(30)32-19-5-11-31-15-19/h2-3,12-13,19H,4-11,14-15H2,1H3,(H2,24,25,26). The van der Waals surface area contributed by atoms with Crippen molar-refractivity contribution >= 4 is 17.9 Å². The van der Waals surface area contributed by atoms with Gasteiger partial charge >= 0.3 is 6.09 Å². The van der Waals surface area contributed by atoms with E-state index in [2.05, 4.69) is 45.0 Å². The summed E-state index contributed by atoms with van der Waals surface area (Å²) in [5.41, 5.74) is 10.2. The summed E-state index contributed by atoms with van der Waals surface area (Å²) in [6, 6.07) is 8.34. The number of benzene rings is 1. The lowest BCUT2D eigenvalue weighted by Crippen LogP contribution is -2.44. The molecule has 2 fully saturated rings. The van der Waals surface area contributed by atoms with Gasteiger partial charge in [-0.05, 0) is 30.7 Å². The average Bonchev–Trinajstić information content (AvgIpc) is 3.31. The molecule has 4 heterocycles. The Morgan fingerprint density at radius 2 is 1.97 bits per heavy atom. The first kappa shape index (κ1) is 21.0. The second-order valence-corrected chi connectivity index (χ2v) is 8.78. The van der Waals surface area contributed by atoms with E-state index in [0.29, 0.717) is 26.3 Å². The van der Waals surface area contributed by atoms with Gasteiger partial charge in [0.05, 0.1) is 18.9 Å². The number of anilines is 2. The Bertz CT molecular complexity index is 986. The summed E-state index contributed by atoms with van der Waals surface area (Å²) in [6.45, 7) is 6.16. The van der Waals surface area contributed by atoms with Gasteiger partial charge in [0, 0.05) is 57.3 Å². The summed E-state index contributed by atoms with van der Waals surface area (Å²) in [5.74, 6) is 1.14. The van der Waals surface area contributed by atoms with Gasteiger partial charge in [-0.3, -0.25) is 0 Å². The molecule has 9 heteroatoms. The van der Waals surface area contributed by atoms with Crippen molar-refractivity contribution in [2.24, 2.45) is 0 Å². The molecule has 9 nitrogen and oxygen atoms in total. The molecule has 0 aliphatic carbocycles. The lowest BCUT2D eigenvalue weighted by Gasteiger charge is -2.33. The van der Waals surface area contributed by atoms with Crippen molar-refractivity contribution in [2.45, 2.75) is 25.5 Å². The first-order chi connectivity index (χ1) is 15.5. The molecule has 2 saturated heterocycles. The van der Waals surface area contributed by atoms with Crippen LogP contribution in [0.25, 0.3) is 11.3 Å². The fraction of sp³-hybridized carbons (Fsp3) is 0.522. The van der Waals surface area contributed by atoms with Gasteiger partial charge in [-0.15, -0.1) is 0 Å². The number of hydrogen-bond donors (Lipinski definition) is 1. The number of fused-ring (bicyclic) bond motifs is 1. The second kappa shape index (κ2) is 8.91. The summed E-state index contributed by atoms with van der Waals surface area (Å²) in [6.07, 6.45) is 1.18. The van der Waals surface area contributed by atoms with Crippen molar-refractivity contribution in [3.63, 3.8) is 0 Å². The molecule has 3 aliphatic rings. The quantitative estimate of drug-likeness (QED) is 0.774. The Morgan fingerprint density at radius 3 is 2.75 bits per heavy atom. The number of piperazine rings is 1. The zero-order chi connectivity index (χ0) is 22.1. The van der Waals surface area contributed by atoms with Gasteiger partial charge in [0.2, 0.25) is 5.95 Å². The number of carbonyl (C=O) groups excluding carboxylic acids is 1. The molecule has 5 rings (SSSR count). The zero-order valence-corrected chi connectivity index (χ0v) is 18.5. The summed E-state index contributed by atoms with van der Waals surface area (Å²) in [4.78, 5) is 27.9. The molecule has 1 unspecified atom stereocenters. The van der Waals surface area contributed by atoms with Crippen molar-refractivity contribution in [1.82, 2.24) is 19.8 Å². The molecule has 32 heavy (non-hydrogen) atoms. The van der Waals surface area contributed by atoms with E-state index >= 15 is 0 Å². The van der Waals surface area contributed by atoms with E-state index in [0.717, 1.165) is 61.7 Å². The molecule has 0 saturated carbocycles. The monoisotopic (exact) mass is 438 g/mol. The lowest BCUT2D eigenvalue weighted by molar-refractivity contribution is 0.0516. The third kappa shape index (κ3) is 4.49. The second-order valence-electron chi connectivity index (χ2n) is 8.78. The molecule has 1 atom stereocenters. The number of nitrogens with two attached hydrogens (primary N) is 1. The molecular weight excluding hydrogens is 408 g/mol. The Balaban J connectivity index is 1.34. The third-order valence-corrected chi connectivity index (χ3v) is 6.49. The highest BCUT2D eigenvalue weighted by molar-refractivity contribution is 5.70. The molecule has 0 radical (unpaired) electrons. The van der Waals surface area contributed by atoms with Gasteiger partial charge in [-0.25, -0.2) is 9.78 Å². The number of carbonyl (C=O) groups is 1. The minimum Gasteiger partial charge on any atom is -0.444 e. The third-order valence-electron chi connectivity index (χ3n) is 6.49. The van der Waals surface area contributed by atoms with Crippen LogP contribution < -0.4 is 10.6 Å². The van der Waals surface area contributed by atoms with Gasteiger partial charge in [-0.1, -0.05) is 12.1 Å². The number of rotatable bonds is 3. The van der Waals surface area contributed by atoms with E-state index in [4.69, 9.17) is 15.2 Å². The van der Waals surface area contributed by atoms with Crippen LogP contribution in [0, 0.1) is 0 Å². The van der Waals surface area contributed by atoms with Gasteiger partial charge in [0.15, 0.2) is 0 Å². The van der Waals surface area contributed by atoms with Gasteiger partial charge in [0.1, 0.15) is 11.9 Å². The highest BCUT2D eigenvalue weighted by Gasteiger charge is 2.27. The summed E-state index contributed by atoms with van der Waals surface area (Å²) < 4.78 is 10.9. The summed E-state index contributed by atoms with van der Waals surface area (Å²) in [7, 11) is 2.13. The van der Waals surface area contributed by atoms with E-state index in [1.54, 1.807) is 4.90 Å². The van der Waals surface area contributed by atoms with Crippen LogP contribution in [0.1, 0.15) is 17.5 Å². The number of nitrogens with zero attached hydrogens (tertiary/aromatic N) is 5. The van der Waals surface area contributed by atoms with E-state index in [1.165, 1.54) is 5.56 Å². The molecule has 1 aromatic carbocycles. The van der Waals surface area contributed by atoms with E-state index in [1.807, 2.05) is 6.07 Å². The van der Waals surface area contributed by atoms with Gasteiger partial charge < -0.3 is 29.9 Å². The van der Waals surface area contributed by atoms with Crippen molar-refractivity contribution < 1.29 is 14.3 Å². The van der Waals surface area contributed by atoms with Crippen LogP contribution >= 0.6 is 0 Å². The predicted octanol–water partition coefficient (Wildman–Crippen LogP) is 1.76. The van der Waals surface area contributed by atoms with E-state index in [9.17, 15) is 4.79 Å². The maximum absolute atomic E-state index is 12.6. The smallest absolute Gasteiger partial charge is 0.410 e. The Kier molecular flexibility index (Phi) is 5.84. The maximum atomic E-state index is 12.6. The number of likely N-dealkylation sites (N-methyl/N-ethyl adjacent to an activating group) is 1. The van der Waals surface area contributed by atoms with Crippen molar-refractivity contribution in [1.29, 1.82) is 0 Å². The SMILES string of the molecule is CN1CCN(c2cc(-c3ccc4c(c3)CN(C(=O)OC3CCOC3)CC4)nc(N)n2)CC1. The van der Waals surface area contributed by atoms with Crippen LogP contribution in [0.3, 0.4) is 0 Å². The summed E-state index contributed by atoms with van der Waals surface area (Å²) >= 11 is 0. The molecule has 1 amide bonds. The molecule has 0 spiro atoms. The fourth-order valence-electron chi connectivity index (χ4n) is 4.49. The van der Waals surface area contributed by atoms with Crippen molar-refractivity contribution in [2.75, 3.05) is 63.6 Å². The number of amides is 1. The van der Waals surface area contributed by atoms with E-state index in [-0.39, 0.29) is 18.1 Å². The highest BCUT2D eigenvalue weighted by atomic mass is 16.6. The van der Waals surface area contributed by atoms with Crippen LogP contribution in [-0.2, 0) is 22.4 Å². The van der Waals surface area contributed by atoms with Gasteiger partial charge in [-0.2, -0.15) is 4.98 Å². The first-order valence-electron chi connectivity index (χ1n) is 11.3. The largest absolute Gasteiger partial charge is 0.444 e. The number of nitrogen functional groups attached to an aromatic ring is 1. The average molecular weight is 439 g/mol. The van der Waals surface area contributed by atoms with Gasteiger partial charge in [0.25, 0.3) is 0 Å². The number of ether oxygens (including phenoxy) is 2. The van der Waals surface area contributed by atoms with Crippen LogP contribution in [0.15, 0.2) is 24.3 Å². The molecule has 3 aliphatic heterocycles. The molecule has 170 valence electrons. The lowest BCUT2D eigenvalue weighted by atomic mass is 9.96. The van der Waals surface area contributed by atoms with E-state index < -0.39 is 0 Å². The topological polar surface area (TPSA) is 97.0 Å². The molecule has 2 aromatic rings. The molecule has 2 N–H and O–H groups in total.